The van der Waals surface area contributed by atoms with Crippen molar-refractivity contribution in [3.8, 4) is 6.07 Å². The van der Waals surface area contributed by atoms with Crippen LogP contribution in [0.5, 0.6) is 0 Å². The third-order valence-electron chi connectivity index (χ3n) is 4.29. The number of carbonyl (C=O) groups is 1. The molecule has 1 amide bonds. The van der Waals surface area contributed by atoms with Crippen LogP contribution in [-0.4, -0.2) is 16.6 Å². The maximum Gasteiger partial charge on any atom is 0.259 e. The maximum absolute atomic E-state index is 14.0. The number of hydrogen-bond acceptors (Lipinski definition) is 3. The summed E-state index contributed by atoms with van der Waals surface area (Å²) in [7, 11) is 0. The maximum atomic E-state index is 14.0. The lowest BCUT2D eigenvalue weighted by atomic mass is 10.0. The SMILES string of the molecule is Cc1ccc(N2C(=S)N(c3ccc(C#N)c(F)c3)C(=O)C2(C)C)cc1. The average molecular weight is 353 g/mol. The van der Waals surface area contributed by atoms with E-state index in [-0.39, 0.29) is 16.6 Å². The molecule has 0 unspecified atom stereocenters. The number of carbonyl (C=O) groups excluding carboxylic acids is 1. The van der Waals surface area contributed by atoms with Gasteiger partial charge in [0.2, 0.25) is 0 Å². The topological polar surface area (TPSA) is 47.3 Å². The van der Waals surface area contributed by atoms with E-state index in [2.05, 4.69) is 0 Å². The van der Waals surface area contributed by atoms with Gasteiger partial charge in [0, 0.05) is 5.69 Å². The Bertz CT molecular complexity index is 915. The lowest BCUT2D eigenvalue weighted by Crippen LogP contribution is -2.44. The monoisotopic (exact) mass is 353 g/mol. The van der Waals surface area contributed by atoms with Gasteiger partial charge in [0.1, 0.15) is 17.4 Å². The summed E-state index contributed by atoms with van der Waals surface area (Å²) in [6.07, 6.45) is 0. The van der Waals surface area contributed by atoms with Gasteiger partial charge in [-0.3, -0.25) is 9.69 Å². The largest absolute Gasteiger partial charge is 0.304 e. The summed E-state index contributed by atoms with van der Waals surface area (Å²) in [6.45, 7) is 5.54. The molecule has 0 aromatic heterocycles. The van der Waals surface area contributed by atoms with Crippen LogP contribution in [0.15, 0.2) is 42.5 Å². The van der Waals surface area contributed by atoms with Crippen molar-refractivity contribution in [2.45, 2.75) is 26.3 Å². The third-order valence-corrected chi connectivity index (χ3v) is 4.66. The van der Waals surface area contributed by atoms with Crippen molar-refractivity contribution < 1.29 is 9.18 Å². The molecular weight excluding hydrogens is 337 g/mol. The highest BCUT2D eigenvalue weighted by molar-refractivity contribution is 7.81. The predicted octanol–water partition coefficient (Wildman–Crippen LogP) is 3.92. The summed E-state index contributed by atoms with van der Waals surface area (Å²) < 4.78 is 14.0. The molecule has 4 nitrogen and oxygen atoms in total. The molecule has 1 fully saturated rings. The van der Waals surface area contributed by atoms with Crippen LogP contribution in [0.2, 0.25) is 0 Å². The number of aryl methyl sites for hydroxylation is 1. The van der Waals surface area contributed by atoms with Crippen LogP contribution in [0.3, 0.4) is 0 Å². The number of thiocarbonyl (C=S) groups is 1. The zero-order valence-electron chi connectivity index (χ0n) is 14.1. The molecule has 0 bridgehead atoms. The molecule has 1 heterocycles. The first-order chi connectivity index (χ1) is 11.8. The minimum absolute atomic E-state index is 0.0732. The minimum Gasteiger partial charge on any atom is -0.304 e. The van der Waals surface area contributed by atoms with Gasteiger partial charge in [0.25, 0.3) is 5.91 Å². The molecule has 2 aromatic carbocycles. The molecule has 3 rings (SSSR count). The molecule has 6 heteroatoms. The van der Waals surface area contributed by atoms with Crippen molar-refractivity contribution in [2.24, 2.45) is 0 Å². The van der Waals surface area contributed by atoms with Crippen molar-refractivity contribution in [1.82, 2.24) is 0 Å². The summed E-state index contributed by atoms with van der Waals surface area (Å²) in [4.78, 5) is 16.0. The van der Waals surface area contributed by atoms with Gasteiger partial charge in [0.05, 0.1) is 11.3 Å². The van der Waals surface area contributed by atoms with Crippen molar-refractivity contribution in [1.29, 1.82) is 5.26 Å². The van der Waals surface area contributed by atoms with Crippen LogP contribution in [0, 0.1) is 24.1 Å². The van der Waals surface area contributed by atoms with Crippen LogP contribution in [-0.2, 0) is 4.79 Å². The number of nitrogens with zero attached hydrogens (tertiary/aromatic N) is 3. The van der Waals surface area contributed by atoms with Gasteiger partial charge < -0.3 is 4.90 Å². The first-order valence-electron chi connectivity index (χ1n) is 7.72. The van der Waals surface area contributed by atoms with Gasteiger partial charge in [-0.25, -0.2) is 4.39 Å². The Hall–Kier alpha value is -2.78. The van der Waals surface area contributed by atoms with E-state index < -0.39 is 11.4 Å². The molecule has 0 atom stereocenters. The van der Waals surface area contributed by atoms with Crippen molar-refractivity contribution in [2.75, 3.05) is 9.80 Å². The first-order valence-corrected chi connectivity index (χ1v) is 8.13. The summed E-state index contributed by atoms with van der Waals surface area (Å²) >= 11 is 5.53. The van der Waals surface area contributed by atoms with E-state index in [1.54, 1.807) is 24.8 Å². The fourth-order valence-corrected chi connectivity index (χ4v) is 3.41. The second-order valence-electron chi connectivity index (χ2n) is 6.43. The molecule has 1 aliphatic rings. The Morgan fingerprint density at radius 2 is 1.72 bits per heavy atom. The van der Waals surface area contributed by atoms with Crippen LogP contribution in [0.4, 0.5) is 15.8 Å². The van der Waals surface area contributed by atoms with Gasteiger partial charge in [-0.2, -0.15) is 5.26 Å². The summed E-state index contributed by atoms with van der Waals surface area (Å²) in [6, 6.07) is 13.5. The number of benzene rings is 2. The highest BCUT2D eigenvalue weighted by atomic mass is 32.1. The molecule has 25 heavy (non-hydrogen) atoms. The van der Waals surface area contributed by atoms with Crippen LogP contribution < -0.4 is 9.80 Å². The van der Waals surface area contributed by atoms with Gasteiger partial charge in [-0.05, 0) is 63.3 Å². The first kappa shape index (κ1) is 17.1. The second-order valence-corrected chi connectivity index (χ2v) is 6.79. The molecule has 0 N–H and O–H groups in total. The zero-order chi connectivity index (χ0) is 18.4. The van der Waals surface area contributed by atoms with E-state index in [1.165, 1.54) is 17.0 Å². The fraction of sp³-hybridized carbons (Fsp3) is 0.211. The molecule has 0 spiro atoms. The Kier molecular flexibility index (Phi) is 4.05. The number of rotatable bonds is 2. The molecule has 0 saturated carbocycles. The fourth-order valence-electron chi connectivity index (χ4n) is 2.88. The predicted molar refractivity (Wildman–Crippen MR) is 98.9 cm³/mol. The Morgan fingerprint density at radius 1 is 1.12 bits per heavy atom. The van der Waals surface area contributed by atoms with Crippen molar-refractivity contribution >= 4 is 34.6 Å². The van der Waals surface area contributed by atoms with E-state index in [1.807, 2.05) is 31.2 Å². The molecular formula is C19H16FN3OS. The van der Waals surface area contributed by atoms with Crippen molar-refractivity contribution in [3.63, 3.8) is 0 Å². The minimum atomic E-state index is -0.906. The number of halogens is 1. The van der Waals surface area contributed by atoms with Crippen molar-refractivity contribution in [3.05, 3.63) is 59.4 Å². The molecule has 1 aliphatic heterocycles. The normalized spacial score (nSPS) is 16.3. The highest BCUT2D eigenvalue weighted by Crippen LogP contribution is 2.36. The van der Waals surface area contributed by atoms with E-state index in [9.17, 15) is 9.18 Å². The summed E-state index contributed by atoms with van der Waals surface area (Å²) in [5, 5.41) is 9.15. The quantitative estimate of drug-likeness (QED) is 0.768. The number of nitriles is 1. The van der Waals surface area contributed by atoms with Crippen LogP contribution in [0.25, 0.3) is 0 Å². The van der Waals surface area contributed by atoms with Crippen LogP contribution >= 0.6 is 12.2 Å². The van der Waals surface area contributed by atoms with Gasteiger partial charge in [0.15, 0.2) is 5.11 Å². The Morgan fingerprint density at radius 3 is 2.28 bits per heavy atom. The lowest BCUT2D eigenvalue weighted by molar-refractivity contribution is -0.120. The summed E-state index contributed by atoms with van der Waals surface area (Å²) in [5.74, 6) is -0.927. The van der Waals surface area contributed by atoms with E-state index in [4.69, 9.17) is 17.5 Å². The number of amides is 1. The molecule has 0 aliphatic carbocycles. The Balaban J connectivity index is 2.07. The lowest BCUT2D eigenvalue weighted by Gasteiger charge is -2.29. The van der Waals surface area contributed by atoms with E-state index in [0.29, 0.717) is 5.69 Å². The molecule has 126 valence electrons. The van der Waals surface area contributed by atoms with Gasteiger partial charge >= 0.3 is 0 Å². The van der Waals surface area contributed by atoms with Gasteiger partial charge in [-0.15, -0.1) is 0 Å². The number of anilines is 2. The molecule has 2 aromatic rings. The van der Waals surface area contributed by atoms with Crippen LogP contribution in [0.1, 0.15) is 25.0 Å². The van der Waals surface area contributed by atoms with E-state index in [0.717, 1.165) is 17.3 Å². The number of hydrogen-bond donors (Lipinski definition) is 0. The standard InChI is InChI=1S/C19H16FN3OS/c1-12-4-7-14(8-5-12)23-18(25)22(17(24)19(23,2)3)15-9-6-13(11-21)16(20)10-15/h4-10H,1-3H3. The summed E-state index contributed by atoms with van der Waals surface area (Å²) in [5.41, 5.74) is 1.23. The molecule has 1 saturated heterocycles. The van der Waals surface area contributed by atoms with E-state index >= 15 is 0 Å². The highest BCUT2D eigenvalue weighted by Gasteiger charge is 2.50. The smallest absolute Gasteiger partial charge is 0.259 e. The Labute approximate surface area is 151 Å². The second kappa shape index (κ2) is 5.94. The zero-order valence-corrected chi connectivity index (χ0v) is 14.9. The average Bonchev–Trinajstić information content (AvgIpc) is 2.74. The van der Waals surface area contributed by atoms with Gasteiger partial charge in [-0.1, -0.05) is 17.7 Å². The molecule has 0 radical (unpaired) electrons. The third kappa shape index (κ3) is 2.67.